The number of nitrogens with zero attached hydrogens (tertiary/aromatic N) is 1. The van der Waals surface area contributed by atoms with Crippen molar-refractivity contribution in [2.24, 2.45) is 5.73 Å². The Kier molecular flexibility index (Phi) is 3.27. The highest BCUT2D eigenvalue weighted by Crippen LogP contribution is 2.24. The lowest BCUT2D eigenvalue weighted by Gasteiger charge is -2.16. The Morgan fingerprint density at radius 3 is 2.62 bits per heavy atom. The predicted molar refractivity (Wildman–Crippen MR) is 71.1 cm³/mol. The summed E-state index contributed by atoms with van der Waals surface area (Å²) in [6.07, 6.45) is 0. The van der Waals surface area contributed by atoms with Crippen LogP contribution < -0.4 is 10.6 Å². The molecule has 1 unspecified atom stereocenters. The molecule has 1 aromatic carbocycles. The van der Waals surface area contributed by atoms with Crippen LogP contribution in [0.4, 0.5) is 5.69 Å². The summed E-state index contributed by atoms with van der Waals surface area (Å²) in [6, 6.07) is 10.4. The lowest BCUT2D eigenvalue weighted by Crippen LogP contribution is -2.13. The molecule has 0 spiro atoms. The van der Waals surface area contributed by atoms with Crippen molar-refractivity contribution in [3.8, 4) is 0 Å². The second kappa shape index (κ2) is 4.68. The van der Waals surface area contributed by atoms with Crippen molar-refractivity contribution in [3.05, 3.63) is 52.2 Å². The number of hydrogen-bond acceptors (Lipinski definition) is 3. The quantitative estimate of drug-likeness (QED) is 0.881. The second-order valence-corrected chi connectivity index (χ2v) is 4.80. The number of rotatable bonds is 3. The first-order valence-electron chi connectivity index (χ1n) is 5.23. The van der Waals surface area contributed by atoms with E-state index in [1.807, 2.05) is 14.1 Å². The predicted octanol–water partition coefficient (Wildman–Crippen LogP) is 2.86. The molecule has 0 aliphatic heterocycles. The number of thiophene rings is 1. The van der Waals surface area contributed by atoms with Crippen LogP contribution in [-0.4, -0.2) is 14.1 Å². The van der Waals surface area contributed by atoms with Gasteiger partial charge in [-0.1, -0.05) is 12.1 Å². The third-order valence-electron chi connectivity index (χ3n) is 2.65. The first-order valence-corrected chi connectivity index (χ1v) is 6.17. The van der Waals surface area contributed by atoms with Crippen LogP contribution in [0.1, 0.15) is 17.2 Å². The van der Waals surface area contributed by atoms with Gasteiger partial charge in [-0.05, 0) is 40.1 Å². The van der Waals surface area contributed by atoms with Gasteiger partial charge in [-0.15, -0.1) is 0 Å². The minimum atomic E-state index is -0.0221. The van der Waals surface area contributed by atoms with Gasteiger partial charge in [0.25, 0.3) is 0 Å². The molecule has 16 heavy (non-hydrogen) atoms. The third-order valence-corrected chi connectivity index (χ3v) is 3.35. The van der Waals surface area contributed by atoms with Crippen LogP contribution in [0, 0.1) is 0 Å². The maximum absolute atomic E-state index is 6.22. The Morgan fingerprint density at radius 1 is 1.19 bits per heavy atom. The SMILES string of the molecule is CN(C)c1cccc(C(N)c2ccsc2)c1. The molecule has 3 heteroatoms. The molecule has 84 valence electrons. The Morgan fingerprint density at radius 2 is 2.00 bits per heavy atom. The van der Waals surface area contributed by atoms with E-state index >= 15 is 0 Å². The Labute approximate surface area is 100 Å². The minimum absolute atomic E-state index is 0.0221. The van der Waals surface area contributed by atoms with Crippen molar-refractivity contribution in [2.45, 2.75) is 6.04 Å². The van der Waals surface area contributed by atoms with Crippen molar-refractivity contribution < 1.29 is 0 Å². The summed E-state index contributed by atoms with van der Waals surface area (Å²) in [5, 5.41) is 4.16. The summed E-state index contributed by atoms with van der Waals surface area (Å²) in [6.45, 7) is 0. The van der Waals surface area contributed by atoms with Gasteiger partial charge in [0.05, 0.1) is 6.04 Å². The van der Waals surface area contributed by atoms with Gasteiger partial charge in [0.1, 0.15) is 0 Å². The van der Waals surface area contributed by atoms with E-state index in [4.69, 9.17) is 5.73 Å². The van der Waals surface area contributed by atoms with Crippen LogP contribution in [0.3, 0.4) is 0 Å². The molecule has 0 saturated carbocycles. The summed E-state index contributed by atoms with van der Waals surface area (Å²) in [7, 11) is 4.07. The normalized spacial score (nSPS) is 12.4. The average molecular weight is 232 g/mol. The molecule has 2 aromatic rings. The number of nitrogens with two attached hydrogens (primary N) is 1. The third kappa shape index (κ3) is 2.26. The van der Waals surface area contributed by atoms with Crippen molar-refractivity contribution in [1.82, 2.24) is 0 Å². The van der Waals surface area contributed by atoms with Crippen LogP contribution in [0.2, 0.25) is 0 Å². The van der Waals surface area contributed by atoms with Crippen LogP contribution >= 0.6 is 11.3 Å². The molecule has 2 N–H and O–H groups in total. The van der Waals surface area contributed by atoms with Crippen molar-refractivity contribution in [3.63, 3.8) is 0 Å². The van der Waals surface area contributed by atoms with Gasteiger partial charge >= 0.3 is 0 Å². The first kappa shape index (κ1) is 11.2. The molecule has 0 aliphatic carbocycles. The molecule has 0 bridgehead atoms. The maximum Gasteiger partial charge on any atom is 0.0560 e. The van der Waals surface area contributed by atoms with E-state index in [0.29, 0.717) is 0 Å². The highest BCUT2D eigenvalue weighted by Gasteiger charge is 2.09. The summed E-state index contributed by atoms with van der Waals surface area (Å²) in [5.74, 6) is 0. The van der Waals surface area contributed by atoms with Crippen molar-refractivity contribution >= 4 is 17.0 Å². The van der Waals surface area contributed by atoms with Gasteiger partial charge in [0.2, 0.25) is 0 Å². The zero-order chi connectivity index (χ0) is 11.5. The molecule has 2 nitrogen and oxygen atoms in total. The highest BCUT2D eigenvalue weighted by atomic mass is 32.1. The zero-order valence-electron chi connectivity index (χ0n) is 9.55. The summed E-state index contributed by atoms with van der Waals surface area (Å²) >= 11 is 1.68. The highest BCUT2D eigenvalue weighted by molar-refractivity contribution is 7.08. The lowest BCUT2D eigenvalue weighted by atomic mass is 10.0. The molecule has 0 fully saturated rings. The van der Waals surface area contributed by atoms with Gasteiger partial charge in [0.15, 0.2) is 0 Å². The number of anilines is 1. The monoisotopic (exact) mass is 232 g/mol. The van der Waals surface area contributed by atoms with Gasteiger partial charge in [-0.2, -0.15) is 11.3 Å². The van der Waals surface area contributed by atoms with E-state index in [-0.39, 0.29) is 6.04 Å². The molecule has 0 radical (unpaired) electrons. The molecule has 1 heterocycles. The number of hydrogen-bond donors (Lipinski definition) is 1. The number of benzene rings is 1. The van der Waals surface area contributed by atoms with Crippen LogP contribution in [-0.2, 0) is 0 Å². The van der Waals surface area contributed by atoms with Crippen LogP contribution in [0.5, 0.6) is 0 Å². The topological polar surface area (TPSA) is 29.3 Å². The Hall–Kier alpha value is -1.32. The van der Waals surface area contributed by atoms with Gasteiger partial charge < -0.3 is 10.6 Å². The summed E-state index contributed by atoms with van der Waals surface area (Å²) < 4.78 is 0. The molecular weight excluding hydrogens is 216 g/mol. The largest absolute Gasteiger partial charge is 0.378 e. The smallest absolute Gasteiger partial charge is 0.0560 e. The van der Waals surface area contributed by atoms with Crippen LogP contribution in [0.15, 0.2) is 41.1 Å². The molecule has 2 rings (SSSR count). The maximum atomic E-state index is 6.22. The second-order valence-electron chi connectivity index (χ2n) is 4.02. The Balaban J connectivity index is 2.30. The Bertz CT molecular complexity index is 449. The van der Waals surface area contributed by atoms with Crippen LogP contribution in [0.25, 0.3) is 0 Å². The zero-order valence-corrected chi connectivity index (χ0v) is 10.4. The fourth-order valence-electron chi connectivity index (χ4n) is 1.64. The van der Waals surface area contributed by atoms with Crippen molar-refractivity contribution in [1.29, 1.82) is 0 Å². The molecule has 0 amide bonds. The van der Waals surface area contributed by atoms with E-state index in [9.17, 15) is 0 Å². The fraction of sp³-hybridized carbons (Fsp3) is 0.231. The molecule has 0 saturated heterocycles. The average Bonchev–Trinajstić information content (AvgIpc) is 2.81. The molecular formula is C13H16N2S. The summed E-state index contributed by atoms with van der Waals surface area (Å²) in [4.78, 5) is 2.09. The minimum Gasteiger partial charge on any atom is -0.378 e. The van der Waals surface area contributed by atoms with E-state index in [0.717, 1.165) is 5.56 Å². The molecule has 0 aliphatic rings. The van der Waals surface area contributed by atoms with Gasteiger partial charge in [-0.3, -0.25) is 0 Å². The van der Waals surface area contributed by atoms with Crippen molar-refractivity contribution in [2.75, 3.05) is 19.0 Å². The fourth-order valence-corrected chi connectivity index (χ4v) is 2.34. The first-order chi connectivity index (χ1) is 7.68. The standard InChI is InChI=1S/C13H16N2S/c1-15(2)12-5-3-4-10(8-12)13(14)11-6-7-16-9-11/h3-9,13H,14H2,1-2H3. The van der Waals surface area contributed by atoms with E-state index in [1.54, 1.807) is 11.3 Å². The van der Waals surface area contributed by atoms with E-state index < -0.39 is 0 Å². The summed E-state index contributed by atoms with van der Waals surface area (Å²) in [5.41, 5.74) is 9.74. The van der Waals surface area contributed by atoms with Gasteiger partial charge in [0, 0.05) is 19.8 Å². The lowest BCUT2D eigenvalue weighted by molar-refractivity contribution is 0.875. The van der Waals surface area contributed by atoms with E-state index in [1.165, 1.54) is 11.3 Å². The molecule has 1 atom stereocenters. The van der Waals surface area contributed by atoms with E-state index in [2.05, 4.69) is 46.0 Å². The van der Waals surface area contributed by atoms with Gasteiger partial charge in [-0.25, -0.2) is 0 Å². The molecule has 1 aromatic heterocycles.